The van der Waals surface area contributed by atoms with Crippen molar-refractivity contribution in [1.82, 2.24) is 0 Å². The quantitative estimate of drug-likeness (QED) is 0.897. The number of nitrogens with two attached hydrogens (primary N) is 1. The van der Waals surface area contributed by atoms with Crippen molar-refractivity contribution in [3.8, 4) is 0 Å². The van der Waals surface area contributed by atoms with Crippen LogP contribution in [0.25, 0.3) is 0 Å². The average Bonchev–Trinajstić information content (AvgIpc) is 2.99. The van der Waals surface area contributed by atoms with Crippen molar-refractivity contribution < 1.29 is 4.79 Å². The van der Waals surface area contributed by atoms with E-state index in [1.807, 2.05) is 12.1 Å². The molecule has 0 aromatic heterocycles. The first-order valence-electron chi connectivity index (χ1n) is 7.72. The molecule has 3 nitrogen and oxygen atoms in total. The highest BCUT2D eigenvalue weighted by Gasteiger charge is 2.49. The molecule has 1 amide bonds. The van der Waals surface area contributed by atoms with Gasteiger partial charge < -0.3 is 11.1 Å². The van der Waals surface area contributed by atoms with Crippen molar-refractivity contribution in [3.05, 3.63) is 29.8 Å². The summed E-state index contributed by atoms with van der Waals surface area (Å²) >= 11 is 0. The van der Waals surface area contributed by atoms with Gasteiger partial charge >= 0.3 is 0 Å². The molecule has 116 valence electrons. The van der Waals surface area contributed by atoms with E-state index in [4.69, 9.17) is 5.73 Å². The third-order valence-electron chi connectivity index (χ3n) is 5.13. The van der Waals surface area contributed by atoms with E-state index in [-0.39, 0.29) is 30.3 Å². The summed E-state index contributed by atoms with van der Waals surface area (Å²) in [5.41, 5.74) is 8.40. The molecule has 2 aliphatic carbocycles. The first kappa shape index (κ1) is 16.3. The summed E-state index contributed by atoms with van der Waals surface area (Å²) in [6.07, 6.45) is 3.52. The molecule has 2 bridgehead atoms. The molecule has 3 N–H and O–H groups in total. The number of carbonyl (C=O) groups is 1. The van der Waals surface area contributed by atoms with Crippen LogP contribution in [0, 0.1) is 17.8 Å². The second kappa shape index (κ2) is 6.37. The van der Waals surface area contributed by atoms with E-state index in [1.54, 1.807) is 0 Å². The number of carbonyl (C=O) groups excluding carboxylic acids is 1. The Bertz CT molecular complexity index is 498. The summed E-state index contributed by atoms with van der Waals surface area (Å²) in [4.78, 5) is 12.4. The highest BCUT2D eigenvalue weighted by molar-refractivity contribution is 5.93. The summed E-state index contributed by atoms with van der Waals surface area (Å²) in [6.45, 7) is 4.34. The molecule has 21 heavy (non-hydrogen) atoms. The van der Waals surface area contributed by atoms with E-state index in [9.17, 15) is 4.79 Å². The number of nitrogens with one attached hydrogen (secondary N) is 1. The van der Waals surface area contributed by atoms with Crippen molar-refractivity contribution >= 4 is 24.0 Å². The van der Waals surface area contributed by atoms with Crippen LogP contribution in [0.2, 0.25) is 0 Å². The van der Waals surface area contributed by atoms with E-state index >= 15 is 0 Å². The number of fused-ring (bicyclic) bond motifs is 2. The fourth-order valence-corrected chi connectivity index (χ4v) is 3.90. The Hall–Kier alpha value is -1.06. The maximum atomic E-state index is 12.4. The van der Waals surface area contributed by atoms with Gasteiger partial charge in [-0.25, -0.2) is 0 Å². The zero-order chi connectivity index (χ0) is 14.3. The molecule has 0 heterocycles. The Morgan fingerprint density at radius 2 is 1.81 bits per heavy atom. The van der Waals surface area contributed by atoms with Crippen molar-refractivity contribution in [2.75, 3.05) is 5.32 Å². The first-order valence-corrected chi connectivity index (χ1v) is 7.72. The molecule has 2 aliphatic rings. The maximum absolute atomic E-state index is 12.4. The normalized spacial score (nSPS) is 30.3. The third kappa shape index (κ3) is 3.09. The van der Waals surface area contributed by atoms with Crippen molar-refractivity contribution in [1.29, 1.82) is 0 Å². The molecule has 1 aromatic rings. The van der Waals surface area contributed by atoms with Crippen LogP contribution < -0.4 is 11.1 Å². The van der Waals surface area contributed by atoms with Crippen LogP contribution in [0.1, 0.15) is 44.6 Å². The number of amides is 1. The minimum atomic E-state index is 0. The Balaban J connectivity index is 0.00000161. The summed E-state index contributed by atoms with van der Waals surface area (Å²) in [5, 5.41) is 3.05. The summed E-state index contributed by atoms with van der Waals surface area (Å²) < 4.78 is 0. The van der Waals surface area contributed by atoms with Crippen molar-refractivity contribution in [2.24, 2.45) is 23.5 Å². The topological polar surface area (TPSA) is 55.1 Å². The number of rotatable bonds is 3. The first-order chi connectivity index (χ1) is 9.56. The summed E-state index contributed by atoms with van der Waals surface area (Å²) in [6, 6.07) is 8.21. The van der Waals surface area contributed by atoms with Gasteiger partial charge in [-0.05, 0) is 54.7 Å². The van der Waals surface area contributed by atoms with Crippen LogP contribution in [-0.4, -0.2) is 11.9 Å². The summed E-state index contributed by atoms with van der Waals surface area (Å²) in [7, 11) is 0. The number of hydrogen-bond donors (Lipinski definition) is 2. The highest BCUT2D eigenvalue weighted by atomic mass is 35.5. The van der Waals surface area contributed by atoms with Gasteiger partial charge in [0, 0.05) is 11.7 Å². The largest absolute Gasteiger partial charge is 0.327 e. The molecule has 2 saturated carbocycles. The monoisotopic (exact) mass is 308 g/mol. The van der Waals surface area contributed by atoms with Crippen LogP contribution in [0.3, 0.4) is 0 Å². The predicted octanol–water partition coefficient (Wildman–Crippen LogP) is 3.54. The minimum absolute atomic E-state index is 0. The van der Waals surface area contributed by atoms with Gasteiger partial charge in [0.05, 0.1) is 5.92 Å². The molecule has 1 aromatic carbocycles. The molecule has 3 rings (SSSR count). The smallest absolute Gasteiger partial charge is 0.229 e. The molecule has 0 saturated heterocycles. The van der Waals surface area contributed by atoms with Gasteiger partial charge in [-0.2, -0.15) is 0 Å². The third-order valence-corrected chi connectivity index (χ3v) is 5.13. The molecule has 4 atom stereocenters. The molecule has 0 aliphatic heterocycles. The SMILES string of the molecule is CC(C)c1ccc(NC(=O)C2C3CCC(C3)C2N)cc1.Cl. The van der Waals surface area contributed by atoms with Crippen LogP contribution >= 0.6 is 12.4 Å². The zero-order valence-electron chi connectivity index (χ0n) is 12.7. The standard InChI is InChI=1S/C17H24N2O.ClH/c1-10(2)11-5-7-14(8-6-11)19-17(20)15-12-3-4-13(9-12)16(15)18;/h5-8,10,12-13,15-16H,3-4,9,18H2,1-2H3,(H,19,20);1H. The molecule has 4 heteroatoms. The van der Waals surface area contributed by atoms with Gasteiger partial charge in [-0.15, -0.1) is 12.4 Å². The van der Waals surface area contributed by atoms with Gasteiger partial charge in [0.1, 0.15) is 0 Å². The lowest BCUT2D eigenvalue weighted by Crippen LogP contribution is -2.42. The lowest BCUT2D eigenvalue weighted by atomic mass is 9.84. The van der Waals surface area contributed by atoms with Gasteiger partial charge in [0.15, 0.2) is 0 Å². The molecular formula is C17H25ClN2O. The van der Waals surface area contributed by atoms with Gasteiger partial charge in [0.25, 0.3) is 0 Å². The second-order valence-corrected chi connectivity index (χ2v) is 6.70. The molecule has 0 radical (unpaired) electrons. The van der Waals surface area contributed by atoms with Crippen molar-refractivity contribution in [3.63, 3.8) is 0 Å². The van der Waals surface area contributed by atoms with E-state index in [1.165, 1.54) is 18.4 Å². The van der Waals surface area contributed by atoms with Crippen molar-refractivity contribution in [2.45, 2.75) is 45.1 Å². The predicted molar refractivity (Wildman–Crippen MR) is 88.7 cm³/mol. The molecule has 0 spiro atoms. The van der Waals surface area contributed by atoms with Crippen LogP contribution in [0.4, 0.5) is 5.69 Å². The Morgan fingerprint density at radius 1 is 1.19 bits per heavy atom. The summed E-state index contributed by atoms with van der Waals surface area (Å²) in [5.74, 6) is 1.71. The zero-order valence-corrected chi connectivity index (χ0v) is 13.5. The van der Waals surface area contributed by atoms with E-state index < -0.39 is 0 Å². The van der Waals surface area contributed by atoms with Crippen LogP contribution in [-0.2, 0) is 4.79 Å². The second-order valence-electron chi connectivity index (χ2n) is 6.70. The fourth-order valence-electron chi connectivity index (χ4n) is 3.90. The van der Waals surface area contributed by atoms with Gasteiger partial charge in [-0.1, -0.05) is 26.0 Å². The Morgan fingerprint density at radius 3 is 2.33 bits per heavy atom. The minimum Gasteiger partial charge on any atom is -0.327 e. The van der Waals surface area contributed by atoms with E-state index in [0.29, 0.717) is 17.8 Å². The van der Waals surface area contributed by atoms with Crippen LogP contribution in [0.5, 0.6) is 0 Å². The molecular weight excluding hydrogens is 284 g/mol. The fraction of sp³-hybridized carbons (Fsp3) is 0.588. The van der Waals surface area contributed by atoms with E-state index in [2.05, 4.69) is 31.3 Å². The molecule has 4 unspecified atom stereocenters. The lowest BCUT2D eigenvalue weighted by molar-refractivity contribution is -0.121. The number of benzene rings is 1. The Kier molecular flexibility index (Phi) is 4.95. The highest BCUT2D eigenvalue weighted by Crippen LogP contribution is 2.47. The number of halogens is 1. The number of anilines is 1. The maximum Gasteiger partial charge on any atom is 0.229 e. The van der Waals surface area contributed by atoms with Gasteiger partial charge in [0.2, 0.25) is 5.91 Å². The van der Waals surface area contributed by atoms with E-state index in [0.717, 1.165) is 12.1 Å². The lowest BCUT2D eigenvalue weighted by Gasteiger charge is -2.27. The molecule has 2 fully saturated rings. The van der Waals surface area contributed by atoms with Gasteiger partial charge in [-0.3, -0.25) is 4.79 Å². The number of hydrogen-bond acceptors (Lipinski definition) is 2. The average molecular weight is 309 g/mol. The van der Waals surface area contributed by atoms with Crippen LogP contribution in [0.15, 0.2) is 24.3 Å². The Labute approximate surface area is 133 Å².